The fourth-order valence-electron chi connectivity index (χ4n) is 2.65. The van der Waals surface area contributed by atoms with Gasteiger partial charge in [0.25, 0.3) is 0 Å². The Bertz CT molecular complexity index is 286. The van der Waals surface area contributed by atoms with Crippen LogP contribution in [0.1, 0.15) is 40.5 Å². The number of carbonyl (C=O) groups is 1. The average Bonchev–Trinajstić information content (AvgIpc) is 2.42. The van der Waals surface area contributed by atoms with Crippen molar-refractivity contribution in [1.82, 2.24) is 0 Å². The van der Waals surface area contributed by atoms with Gasteiger partial charge >= 0.3 is 0 Å². The Morgan fingerprint density at radius 1 is 1.47 bits per heavy atom. The lowest BCUT2D eigenvalue weighted by atomic mass is 9.81. The first-order valence-electron chi connectivity index (χ1n) is 6.18. The van der Waals surface area contributed by atoms with E-state index < -0.39 is 11.6 Å². The molecule has 17 heavy (non-hydrogen) atoms. The van der Waals surface area contributed by atoms with Crippen LogP contribution in [0, 0.1) is 5.92 Å². The summed E-state index contributed by atoms with van der Waals surface area (Å²) in [5.74, 6) is -0.0259. The predicted octanol–water partition coefficient (Wildman–Crippen LogP) is 1.51. The highest BCUT2D eigenvalue weighted by Gasteiger charge is 2.49. The van der Waals surface area contributed by atoms with Crippen LogP contribution in [0.5, 0.6) is 0 Å². The van der Waals surface area contributed by atoms with Gasteiger partial charge in [0.2, 0.25) is 0 Å². The van der Waals surface area contributed by atoms with Crippen LogP contribution in [-0.2, 0) is 14.3 Å². The second kappa shape index (κ2) is 5.04. The van der Waals surface area contributed by atoms with E-state index in [1.54, 1.807) is 7.11 Å². The van der Waals surface area contributed by atoms with Crippen LogP contribution < -0.4 is 5.73 Å². The topological polar surface area (TPSA) is 61.5 Å². The minimum absolute atomic E-state index is 0.0950. The van der Waals surface area contributed by atoms with Gasteiger partial charge in [0.05, 0.1) is 23.2 Å². The Morgan fingerprint density at radius 2 is 2.06 bits per heavy atom. The summed E-state index contributed by atoms with van der Waals surface area (Å²) in [6.07, 6.45) is 1.31. The van der Waals surface area contributed by atoms with Gasteiger partial charge in [0, 0.05) is 13.7 Å². The van der Waals surface area contributed by atoms with Crippen molar-refractivity contribution in [3.63, 3.8) is 0 Å². The van der Waals surface area contributed by atoms with Crippen LogP contribution >= 0.6 is 0 Å². The molecule has 100 valence electrons. The van der Waals surface area contributed by atoms with Gasteiger partial charge in [0.1, 0.15) is 0 Å². The van der Waals surface area contributed by atoms with Gasteiger partial charge in [-0.15, -0.1) is 0 Å². The molecule has 2 unspecified atom stereocenters. The number of nitrogens with two attached hydrogens (primary N) is 1. The molecule has 1 heterocycles. The fourth-order valence-corrected chi connectivity index (χ4v) is 2.65. The second-order valence-electron chi connectivity index (χ2n) is 6.01. The first-order valence-corrected chi connectivity index (χ1v) is 6.18. The van der Waals surface area contributed by atoms with E-state index in [-0.39, 0.29) is 17.3 Å². The highest BCUT2D eigenvalue weighted by molar-refractivity contribution is 5.87. The molecule has 0 spiro atoms. The Labute approximate surface area is 104 Å². The summed E-state index contributed by atoms with van der Waals surface area (Å²) in [6, 6.07) is -0.447. The molecule has 2 N–H and O–H groups in total. The fraction of sp³-hybridized carbons (Fsp3) is 0.923. The third-order valence-corrected chi connectivity index (χ3v) is 3.42. The highest BCUT2D eigenvalue weighted by atomic mass is 16.5. The summed E-state index contributed by atoms with van der Waals surface area (Å²) >= 11 is 0. The molecule has 1 saturated heterocycles. The summed E-state index contributed by atoms with van der Waals surface area (Å²) in [4.78, 5) is 12.3. The van der Waals surface area contributed by atoms with Crippen molar-refractivity contribution in [2.75, 3.05) is 13.7 Å². The summed E-state index contributed by atoms with van der Waals surface area (Å²) in [5.41, 5.74) is 5.24. The maximum Gasteiger partial charge on any atom is 0.155 e. The van der Waals surface area contributed by atoms with E-state index in [4.69, 9.17) is 15.2 Å². The standard InChI is InChI=1S/C13H25NO3/c1-12(2)8-9(13(3,4)17-12)11(15)10(14)6-7-16-5/h9-10H,6-8,14H2,1-5H3. The first kappa shape index (κ1) is 14.6. The van der Waals surface area contributed by atoms with E-state index in [1.165, 1.54) is 0 Å². The van der Waals surface area contributed by atoms with Crippen LogP contribution in [0.2, 0.25) is 0 Å². The van der Waals surface area contributed by atoms with E-state index >= 15 is 0 Å². The minimum Gasteiger partial charge on any atom is -0.385 e. The maximum atomic E-state index is 12.3. The number of hydrogen-bond acceptors (Lipinski definition) is 4. The summed E-state index contributed by atoms with van der Waals surface area (Å²) in [7, 11) is 1.61. The molecule has 1 rings (SSSR count). The summed E-state index contributed by atoms with van der Waals surface area (Å²) in [5, 5.41) is 0. The number of rotatable bonds is 5. The van der Waals surface area contributed by atoms with E-state index in [1.807, 2.05) is 27.7 Å². The molecule has 0 aromatic rings. The summed E-state index contributed by atoms with van der Waals surface area (Å²) < 4.78 is 10.9. The van der Waals surface area contributed by atoms with Gasteiger partial charge in [-0.2, -0.15) is 0 Å². The third kappa shape index (κ3) is 3.50. The van der Waals surface area contributed by atoms with Gasteiger partial charge in [-0.25, -0.2) is 0 Å². The second-order valence-corrected chi connectivity index (χ2v) is 6.01. The van der Waals surface area contributed by atoms with Crippen molar-refractivity contribution >= 4 is 5.78 Å². The maximum absolute atomic E-state index is 12.3. The number of carbonyl (C=O) groups excluding carboxylic acids is 1. The van der Waals surface area contributed by atoms with Crippen molar-refractivity contribution in [3.8, 4) is 0 Å². The van der Waals surface area contributed by atoms with Gasteiger partial charge in [0.15, 0.2) is 5.78 Å². The molecular weight excluding hydrogens is 218 g/mol. The SMILES string of the molecule is COCCC(N)C(=O)C1CC(C)(C)OC1(C)C. The van der Waals surface area contributed by atoms with E-state index in [0.29, 0.717) is 13.0 Å². The Balaban J connectivity index is 2.69. The minimum atomic E-state index is -0.447. The van der Waals surface area contributed by atoms with Crippen LogP contribution in [0.25, 0.3) is 0 Å². The van der Waals surface area contributed by atoms with E-state index in [0.717, 1.165) is 6.42 Å². The first-order chi connectivity index (χ1) is 7.69. The van der Waals surface area contributed by atoms with Crippen LogP contribution in [0.3, 0.4) is 0 Å². The van der Waals surface area contributed by atoms with Gasteiger partial charge < -0.3 is 15.2 Å². The zero-order valence-corrected chi connectivity index (χ0v) is 11.6. The Morgan fingerprint density at radius 3 is 2.47 bits per heavy atom. The normalized spacial score (nSPS) is 28.0. The van der Waals surface area contributed by atoms with Crippen molar-refractivity contribution < 1.29 is 14.3 Å². The van der Waals surface area contributed by atoms with Crippen LogP contribution in [0.15, 0.2) is 0 Å². The molecule has 1 fully saturated rings. The quantitative estimate of drug-likeness (QED) is 0.795. The lowest BCUT2D eigenvalue weighted by molar-refractivity contribution is -0.131. The van der Waals surface area contributed by atoms with Gasteiger partial charge in [-0.05, 0) is 40.5 Å². The molecular formula is C13H25NO3. The number of ketones is 1. The zero-order valence-electron chi connectivity index (χ0n) is 11.6. The Hall–Kier alpha value is -0.450. The number of Topliss-reactive ketones (excluding diaryl/α,β-unsaturated/α-hetero) is 1. The highest BCUT2D eigenvalue weighted by Crippen LogP contribution is 2.42. The van der Waals surface area contributed by atoms with E-state index in [2.05, 4.69) is 0 Å². The van der Waals surface area contributed by atoms with Crippen molar-refractivity contribution in [2.45, 2.75) is 57.8 Å². The molecule has 4 nitrogen and oxygen atoms in total. The molecule has 0 bridgehead atoms. The number of ether oxygens (including phenoxy) is 2. The molecule has 0 radical (unpaired) electrons. The monoisotopic (exact) mass is 243 g/mol. The molecule has 1 aliphatic rings. The smallest absolute Gasteiger partial charge is 0.155 e. The molecule has 0 aliphatic carbocycles. The third-order valence-electron chi connectivity index (χ3n) is 3.42. The largest absolute Gasteiger partial charge is 0.385 e. The lowest BCUT2D eigenvalue weighted by Gasteiger charge is -2.27. The van der Waals surface area contributed by atoms with Crippen LogP contribution in [0.4, 0.5) is 0 Å². The molecule has 0 amide bonds. The molecule has 0 saturated carbocycles. The predicted molar refractivity (Wildman–Crippen MR) is 66.8 cm³/mol. The molecule has 1 aliphatic heterocycles. The van der Waals surface area contributed by atoms with Crippen molar-refractivity contribution in [3.05, 3.63) is 0 Å². The van der Waals surface area contributed by atoms with Gasteiger partial charge in [-0.1, -0.05) is 0 Å². The van der Waals surface area contributed by atoms with E-state index in [9.17, 15) is 4.79 Å². The lowest BCUT2D eigenvalue weighted by Crippen LogP contribution is -2.43. The van der Waals surface area contributed by atoms with Crippen molar-refractivity contribution in [2.24, 2.45) is 11.7 Å². The molecule has 2 atom stereocenters. The average molecular weight is 243 g/mol. The summed E-state index contributed by atoms with van der Waals surface area (Å²) in [6.45, 7) is 8.48. The molecule has 0 aromatic heterocycles. The Kier molecular flexibility index (Phi) is 4.33. The number of methoxy groups -OCH3 is 1. The number of hydrogen-bond donors (Lipinski definition) is 1. The molecule has 4 heteroatoms. The van der Waals surface area contributed by atoms with Crippen LogP contribution in [-0.4, -0.2) is 36.7 Å². The zero-order chi connectivity index (χ0) is 13.3. The molecule has 0 aromatic carbocycles. The van der Waals surface area contributed by atoms with Gasteiger partial charge in [-0.3, -0.25) is 4.79 Å². The van der Waals surface area contributed by atoms with Crippen molar-refractivity contribution in [1.29, 1.82) is 0 Å².